The van der Waals surface area contributed by atoms with Crippen LogP contribution in [0.4, 0.5) is 0 Å². The maximum absolute atomic E-state index is 10.3. The Bertz CT molecular complexity index is 318. The van der Waals surface area contributed by atoms with Crippen LogP contribution in [0.15, 0.2) is 24.3 Å². The molecule has 1 aromatic rings. The van der Waals surface area contributed by atoms with Crippen molar-refractivity contribution in [1.29, 1.82) is 0 Å². The Hall–Kier alpha value is -0.860. The Kier molecular flexibility index (Phi) is 3.89. The minimum absolute atomic E-state index is 0.200. The Morgan fingerprint density at radius 3 is 2.60 bits per heavy atom. The fourth-order valence-corrected chi connectivity index (χ4v) is 1.54. The largest absolute Gasteiger partial charge is 0.385 e. The monoisotopic (exact) mass is 207 g/mol. The maximum Gasteiger partial charge on any atom is 0.0891 e. The van der Waals surface area contributed by atoms with Gasteiger partial charge in [0.25, 0.3) is 0 Å². The second-order valence-electron chi connectivity index (χ2n) is 4.54. The van der Waals surface area contributed by atoms with E-state index in [9.17, 15) is 5.11 Å². The second-order valence-corrected chi connectivity index (χ2v) is 4.54. The Labute approximate surface area is 92.1 Å². The molecule has 0 aliphatic carbocycles. The molecule has 0 aliphatic rings. The van der Waals surface area contributed by atoms with E-state index >= 15 is 0 Å². The summed E-state index contributed by atoms with van der Waals surface area (Å²) in [6, 6.07) is 8.05. The van der Waals surface area contributed by atoms with Crippen LogP contribution < -0.4 is 5.73 Å². The van der Waals surface area contributed by atoms with E-state index in [1.165, 1.54) is 5.56 Å². The molecule has 2 heteroatoms. The summed E-state index contributed by atoms with van der Waals surface area (Å²) in [5.74, 6) is 0.200. The molecule has 0 heterocycles. The van der Waals surface area contributed by atoms with Gasteiger partial charge in [0, 0.05) is 0 Å². The van der Waals surface area contributed by atoms with Gasteiger partial charge in [-0.3, -0.25) is 0 Å². The highest BCUT2D eigenvalue weighted by Gasteiger charge is 2.26. The SMILES string of the molecule is CC(C)C(C)(O)c1cccc(CCN)c1. The average molecular weight is 207 g/mol. The van der Waals surface area contributed by atoms with Crippen LogP contribution in [0.5, 0.6) is 0 Å². The lowest BCUT2D eigenvalue weighted by atomic mass is 9.84. The molecule has 84 valence electrons. The Morgan fingerprint density at radius 2 is 2.07 bits per heavy atom. The molecular weight excluding hydrogens is 186 g/mol. The van der Waals surface area contributed by atoms with Gasteiger partial charge in [0.15, 0.2) is 0 Å². The molecular formula is C13H21NO. The average Bonchev–Trinajstić information content (AvgIpc) is 2.18. The van der Waals surface area contributed by atoms with Crippen LogP contribution in [-0.4, -0.2) is 11.7 Å². The molecule has 0 amide bonds. The molecule has 1 unspecified atom stereocenters. The van der Waals surface area contributed by atoms with Crippen LogP contribution in [0.25, 0.3) is 0 Å². The van der Waals surface area contributed by atoms with Crippen LogP contribution in [0.3, 0.4) is 0 Å². The number of benzene rings is 1. The molecule has 2 nitrogen and oxygen atoms in total. The zero-order valence-electron chi connectivity index (χ0n) is 9.83. The van der Waals surface area contributed by atoms with Gasteiger partial charge >= 0.3 is 0 Å². The fourth-order valence-electron chi connectivity index (χ4n) is 1.54. The van der Waals surface area contributed by atoms with Gasteiger partial charge < -0.3 is 10.8 Å². The lowest BCUT2D eigenvalue weighted by Gasteiger charge is -2.28. The van der Waals surface area contributed by atoms with Gasteiger partial charge in [0.1, 0.15) is 0 Å². The minimum Gasteiger partial charge on any atom is -0.385 e. The first-order valence-electron chi connectivity index (χ1n) is 5.50. The number of hydrogen-bond donors (Lipinski definition) is 2. The van der Waals surface area contributed by atoms with Crippen LogP contribution in [0.1, 0.15) is 31.9 Å². The Balaban J connectivity index is 2.99. The van der Waals surface area contributed by atoms with Gasteiger partial charge in [-0.25, -0.2) is 0 Å². The van der Waals surface area contributed by atoms with E-state index < -0.39 is 5.60 Å². The first-order chi connectivity index (χ1) is 6.98. The molecule has 0 saturated carbocycles. The lowest BCUT2D eigenvalue weighted by molar-refractivity contribution is 0.00899. The smallest absolute Gasteiger partial charge is 0.0891 e. The van der Waals surface area contributed by atoms with E-state index in [2.05, 4.69) is 0 Å². The summed E-state index contributed by atoms with van der Waals surface area (Å²) in [4.78, 5) is 0. The van der Waals surface area contributed by atoms with Crippen LogP contribution in [0.2, 0.25) is 0 Å². The quantitative estimate of drug-likeness (QED) is 0.793. The molecule has 0 bridgehead atoms. The van der Waals surface area contributed by atoms with Crippen molar-refractivity contribution >= 4 is 0 Å². The highest BCUT2D eigenvalue weighted by Crippen LogP contribution is 2.29. The normalized spacial score (nSPS) is 15.3. The van der Waals surface area contributed by atoms with E-state index in [4.69, 9.17) is 5.73 Å². The molecule has 0 saturated heterocycles. The van der Waals surface area contributed by atoms with Gasteiger partial charge in [-0.15, -0.1) is 0 Å². The third-order valence-corrected chi connectivity index (χ3v) is 3.07. The van der Waals surface area contributed by atoms with Crippen molar-refractivity contribution in [3.8, 4) is 0 Å². The predicted molar refractivity (Wildman–Crippen MR) is 63.6 cm³/mol. The molecule has 0 aromatic heterocycles. The molecule has 0 aliphatic heterocycles. The topological polar surface area (TPSA) is 46.2 Å². The zero-order valence-corrected chi connectivity index (χ0v) is 9.83. The summed E-state index contributed by atoms with van der Waals surface area (Å²) < 4.78 is 0. The van der Waals surface area contributed by atoms with Gasteiger partial charge in [-0.05, 0) is 36.9 Å². The van der Waals surface area contributed by atoms with Gasteiger partial charge in [-0.2, -0.15) is 0 Å². The van der Waals surface area contributed by atoms with E-state index in [1.807, 2.05) is 45.0 Å². The molecule has 0 spiro atoms. The maximum atomic E-state index is 10.3. The number of rotatable bonds is 4. The van der Waals surface area contributed by atoms with E-state index in [-0.39, 0.29) is 5.92 Å². The third-order valence-electron chi connectivity index (χ3n) is 3.07. The summed E-state index contributed by atoms with van der Waals surface area (Å²) in [6.07, 6.45) is 0.863. The van der Waals surface area contributed by atoms with Gasteiger partial charge in [-0.1, -0.05) is 38.1 Å². The number of hydrogen-bond acceptors (Lipinski definition) is 2. The van der Waals surface area contributed by atoms with Crippen molar-refractivity contribution in [2.75, 3.05) is 6.54 Å². The molecule has 0 fully saturated rings. The van der Waals surface area contributed by atoms with Gasteiger partial charge in [0.05, 0.1) is 5.60 Å². The van der Waals surface area contributed by atoms with Crippen molar-refractivity contribution < 1.29 is 5.11 Å². The second kappa shape index (κ2) is 4.77. The van der Waals surface area contributed by atoms with Crippen LogP contribution in [-0.2, 0) is 12.0 Å². The summed E-state index contributed by atoms with van der Waals surface area (Å²) in [6.45, 7) is 6.55. The fraction of sp³-hybridized carbons (Fsp3) is 0.538. The summed E-state index contributed by atoms with van der Waals surface area (Å²) in [5.41, 5.74) is 6.92. The van der Waals surface area contributed by atoms with Crippen molar-refractivity contribution in [1.82, 2.24) is 0 Å². The summed E-state index contributed by atoms with van der Waals surface area (Å²) in [5, 5.41) is 10.3. The van der Waals surface area contributed by atoms with E-state index in [1.54, 1.807) is 0 Å². The highest BCUT2D eigenvalue weighted by molar-refractivity contribution is 5.28. The first-order valence-corrected chi connectivity index (χ1v) is 5.50. The zero-order chi connectivity index (χ0) is 11.5. The summed E-state index contributed by atoms with van der Waals surface area (Å²) in [7, 11) is 0. The van der Waals surface area contributed by atoms with Crippen LogP contribution >= 0.6 is 0 Å². The molecule has 15 heavy (non-hydrogen) atoms. The number of nitrogens with two attached hydrogens (primary N) is 1. The van der Waals surface area contributed by atoms with Crippen molar-refractivity contribution in [2.24, 2.45) is 11.7 Å². The van der Waals surface area contributed by atoms with Crippen molar-refractivity contribution in [3.05, 3.63) is 35.4 Å². The van der Waals surface area contributed by atoms with Crippen molar-refractivity contribution in [3.63, 3.8) is 0 Å². The third kappa shape index (κ3) is 2.80. The van der Waals surface area contributed by atoms with Gasteiger partial charge in [0.2, 0.25) is 0 Å². The Morgan fingerprint density at radius 1 is 1.40 bits per heavy atom. The van der Waals surface area contributed by atoms with Crippen LogP contribution in [0, 0.1) is 5.92 Å². The number of aliphatic hydroxyl groups is 1. The van der Waals surface area contributed by atoms with Crippen molar-refractivity contribution in [2.45, 2.75) is 32.8 Å². The van der Waals surface area contributed by atoms with E-state index in [0.29, 0.717) is 6.54 Å². The summed E-state index contributed by atoms with van der Waals surface area (Å²) >= 11 is 0. The predicted octanol–water partition coefficient (Wildman–Crippen LogP) is 2.05. The molecule has 1 rings (SSSR count). The molecule has 1 aromatic carbocycles. The first kappa shape index (κ1) is 12.2. The molecule has 1 atom stereocenters. The minimum atomic E-state index is -0.759. The lowest BCUT2D eigenvalue weighted by Crippen LogP contribution is -2.28. The molecule has 0 radical (unpaired) electrons. The highest BCUT2D eigenvalue weighted by atomic mass is 16.3. The van der Waals surface area contributed by atoms with E-state index in [0.717, 1.165) is 12.0 Å². The molecule has 3 N–H and O–H groups in total. The standard InChI is InChI=1S/C13H21NO/c1-10(2)13(3,15)12-6-4-5-11(9-12)7-8-14/h4-6,9-10,15H,7-8,14H2,1-3H3.